The number of hydrogen-bond acceptors (Lipinski definition) is 4. The summed E-state index contributed by atoms with van der Waals surface area (Å²) >= 11 is 1.72. The highest BCUT2D eigenvalue weighted by Gasteiger charge is 2.26. The quantitative estimate of drug-likeness (QED) is 0.333. The number of aromatic nitrogens is 1. The maximum absolute atomic E-state index is 11.2. The van der Waals surface area contributed by atoms with Gasteiger partial charge in [0, 0.05) is 16.3 Å². The van der Waals surface area contributed by atoms with Gasteiger partial charge < -0.3 is 9.84 Å². The molecule has 0 saturated heterocycles. The summed E-state index contributed by atoms with van der Waals surface area (Å²) in [4.78, 5) is 17.1. The van der Waals surface area contributed by atoms with Crippen LogP contribution >= 0.6 is 11.8 Å². The minimum atomic E-state index is -0.758. The second-order valence-electron chi connectivity index (χ2n) is 7.75. The SMILES string of the molecule is CSc1ccc(-c2cc(OCCCCC(C)(C)C(=O)O)nc3ccccc23)cc1. The zero-order valence-electron chi connectivity index (χ0n) is 17.1. The zero-order chi connectivity index (χ0) is 20.9. The van der Waals surface area contributed by atoms with Gasteiger partial charge in [-0.05, 0) is 68.7 Å². The molecule has 3 rings (SSSR count). The minimum Gasteiger partial charge on any atom is -0.481 e. The lowest BCUT2D eigenvalue weighted by Gasteiger charge is -2.18. The van der Waals surface area contributed by atoms with Crippen LogP contribution in [0.1, 0.15) is 33.1 Å². The molecule has 0 amide bonds. The third-order valence-electron chi connectivity index (χ3n) is 5.12. The largest absolute Gasteiger partial charge is 0.481 e. The molecule has 0 radical (unpaired) electrons. The van der Waals surface area contributed by atoms with E-state index in [9.17, 15) is 9.90 Å². The van der Waals surface area contributed by atoms with Crippen molar-refractivity contribution in [2.75, 3.05) is 12.9 Å². The van der Waals surface area contributed by atoms with Crippen LogP contribution in [0.25, 0.3) is 22.0 Å². The van der Waals surface area contributed by atoms with Gasteiger partial charge in [-0.2, -0.15) is 0 Å². The number of rotatable bonds is 9. The molecule has 0 bridgehead atoms. The first-order valence-corrected chi connectivity index (χ1v) is 11.0. The Morgan fingerprint density at radius 1 is 1.10 bits per heavy atom. The van der Waals surface area contributed by atoms with Gasteiger partial charge in [-0.3, -0.25) is 4.79 Å². The number of thioether (sulfide) groups is 1. The second kappa shape index (κ2) is 9.31. The number of unbranched alkanes of at least 4 members (excludes halogenated alkanes) is 1. The molecular formula is C24H27NO3S. The molecule has 0 unspecified atom stereocenters. The lowest BCUT2D eigenvalue weighted by atomic mass is 9.87. The Labute approximate surface area is 176 Å². The van der Waals surface area contributed by atoms with E-state index in [4.69, 9.17) is 4.74 Å². The third kappa shape index (κ3) is 5.30. The molecule has 0 aliphatic carbocycles. The van der Waals surface area contributed by atoms with Crippen molar-refractivity contribution in [2.24, 2.45) is 5.41 Å². The van der Waals surface area contributed by atoms with Crippen LogP contribution in [0.4, 0.5) is 0 Å². The molecule has 1 N–H and O–H groups in total. The number of hydrogen-bond donors (Lipinski definition) is 1. The van der Waals surface area contributed by atoms with Crippen molar-refractivity contribution in [2.45, 2.75) is 38.0 Å². The predicted molar refractivity (Wildman–Crippen MR) is 120 cm³/mol. The average Bonchev–Trinajstić information content (AvgIpc) is 2.73. The average molecular weight is 410 g/mol. The van der Waals surface area contributed by atoms with Crippen molar-refractivity contribution in [1.29, 1.82) is 0 Å². The molecule has 1 aromatic heterocycles. The smallest absolute Gasteiger partial charge is 0.309 e. The summed E-state index contributed by atoms with van der Waals surface area (Å²) in [6.45, 7) is 4.04. The van der Waals surface area contributed by atoms with Crippen molar-refractivity contribution in [3.63, 3.8) is 0 Å². The second-order valence-corrected chi connectivity index (χ2v) is 8.63. The van der Waals surface area contributed by atoms with Crippen LogP contribution < -0.4 is 4.74 Å². The van der Waals surface area contributed by atoms with Crippen LogP contribution in [-0.2, 0) is 4.79 Å². The molecule has 0 spiro atoms. The number of pyridine rings is 1. The normalized spacial score (nSPS) is 11.6. The molecule has 0 aliphatic rings. The standard InChI is InChI=1S/C24H27NO3S/c1-24(2,23(26)27)14-6-7-15-28-22-16-20(17-10-12-18(29-3)13-11-17)19-8-4-5-9-21(19)25-22/h4-5,8-13,16H,6-7,14-15H2,1-3H3,(H,26,27). The van der Waals surface area contributed by atoms with Crippen LogP contribution in [0, 0.1) is 5.41 Å². The van der Waals surface area contributed by atoms with E-state index in [1.807, 2.05) is 24.3 Å². The lowest BCUT2D eigenvalue weighted by Crippen LogP contribution is -2.23. The summed E-state index contributed by atoms with van der Waals surface area (Å²) in [5.74, 6) is -0.156. The molecule has 3 aromatic rings. The number of aliphatic carboxylic acids is 1. The number of benzene rings is 2. The first kappa shape index (κ1) is 21.2. The van der Waals surface area contributed by atoms with E-state index in [1.165, 1.54) is 4.90 Å². The van der Waals surface area contributed by atoms with Crippen LogP contribution in [0.15, 0.2) is 59.5 Å². The van der Waals surface area contributed by atoms with Gasteiger partial charge in [0.25, 0.3) is 0 Å². The Kier molecular flexibility index (Phi) is 6.80. The van der Waals surface area contributed by atoms with Crippen LogP contribution in [0.2, 0.25) is 0 Å². The van der Waals surface area contributed by atoms with E-state index >= 15 is 0 Å². The highest BCUT2D eigenvalue weighted by molar-refractivity contribution is 7.98. The van der Waals surface area contributed by atoms with E-state index in [0.29, 0.717) is 18.9 Å². The Balaban J connectivity index is 1.74. The molecule has 1 heterocycles. The van der Waals surface area contributed by atoms with Gasteiger partial charge in [-0.15, -0.1) is 11.8 Å². The fraction of sp³-hybridized carbons (Fsp3) is 0.333. The Morgan fingerprint density at radius 3 is 2.52 bits per heavy atom. The summed E-state index contributed by atoms with van der Waals surface area (Å²) in [5.41, 5.74) is 2.44. The van der Waals surface area contributed by atoms with Crippen molar-refractivity contribution in [1.82, 2.24) is 4.98 Å². The highest BCUT2D eigenvalue weighted by atomic mass is 32.2. The molecule has 0 saturated carbocycles. The molecule has 152 valence electrons. The van der Waals surface area contributed by atoms with Crippen LogP contribution in [-0.4, -0.2) is 28.9 Å². The maximum atomic E-state index is 11.2. The molecule has 5 heteroatoms. The van der Waals surface area contributed by atoms with Gasteiger partial charge >= 0.3 is 5.97 Å². The summed E-state index contributed by atoms with van der Waals surface area (Å²) in [7, 11) is 0. The van der Waals surface area contributed by atoms with E-state index in [-0.39, 0.29) is 0 Å². The van der Waals surface area contributed by atoms with Crippen molar-refractivity contribution < 1.29 is 14.6 Å². The number of carboxylic acids is 1. The van der Waals surface area contributed by atoms with E-state index in [0.717, 1.165) is 34.9 Å². The monoisotopic (exact) mass is 409 g/mol. The first-order valence-electron chi connectivity index (χ1n) is 9.81. The van der Waals surface area contributed by atoms with Crippen LogP contribution in [0.3, 0.4) is 0 Å². The Hall–Kier alpha value is -2.53. The van der Waals surface area contributed by atoms with Crippen molar-refractivity contribution in [3.05, 3.63) is 54.6 Å². The van der Waals surface area contributed by atoms with E-state index in [2.05, 4.69) is 41.6 Å². The molecule has 4 nitrogen and oxygen atoms in total. The van der Waals surface area contributed by atoms with Gasteiger partial charge in [-0.1, -0.05) is 30.3 Å². The van der Waals surface area contributed by atoms with Gasteiger partial charge in [-0.25, -0.2) is 4.98 Å². The Bertz CT molecular complexity index is 983. The maximum Gasteiger partial charge on any atom is 0.309 e. The summed E-state index contributed by atoms with van der Waals surface area (Å²) < 4.78 is 5.93. The van der Waals surface area contributed by atoms with Crippen molar-refractivity contribution in [3.8, 4) is 17.0 Å². The van der Waals surface area contributed by atoms with E-state index < -0.39 is 11.4 Å². The molecule has 2 aromatic carbocycles. The first-order chi connectivity index (χ1) is 13.9. The summed E-state index contributed by atoms with van der Waals surface area (Å²) in [6, 6.07) is 18.6. The minimum absolute atomic E-state index is 0.520. The van der Waals surface area contributed by atoms with Gasteiger partial charge in [0.15, 0.2) is 0 Å². The van der Waals surface area contributed by atoms with Gasteiger partial charge in [0.05, 0.1) is 17.5 Å². The number of carboxylic acid groups (broad SMARTS) is 1. The zero-order valence-corrected chi connectivity index (χ0v) is 18.0. The molecule has 0 aliphatic heterocycles. The number of ether oxygens (including phenoxy) is 1. The highest BCUT2D eigenvalue weighted by Crippen LogP contribution is 2.32. The van der Waals surface area contributed by atoms with Gasteiger partial charge in [0.1, 0.15) is 0 Å². The topological polar surface area (TPSA) is 59.4 Å². The number of nitrogens with zero attached hydrogens (tertiary/aromatic N) is 1. The van der Waals surface area contributed by atoms with Crippen LogP contribution in [0.5, 0.6) is 5.88 Å². The van der Waals surface area contributed by atoms with E-state index in [1.54, 1.807) is 25.6 Å². The number of fused-ring (bicyclic) bond motifs is 1. The number of para-hydroxylation sites is 1. The third-order valence-corrected chi connectivity index (χ3v) is 5.86. The predicted octanol–water partition coefficient (Wildman–Crippen LogP) is 6.28. The fourth-order valence-electron chi connectivity index (χ4n) is 3.19. The molecule has 29 heavy (non-hydrogen) atoms. The lowest BCUT2D eigenvalue weighted by molar-refractivity contribution is -0.147. The van der Waals surface area contributed by atoms with Crippen molar-refractivity contribution >= 4 is 28.6 Å². The summed E-state index contributed by atoms with van der Waals surface area (Å²) in [6.07, 6.45) is 4.29. The fourth-order valence-corrected chi connectivity index (χ4v) is 3.60. The molecule has 0 fully saturated rings. The number of carbonyl (C=O) groups is 1. The molecular weight excluding hydrogens is 382 g/mol. The Morgan fingerprint density at radius 2 is 1.83 bits per heavy atom. The summed E-state index contributed by atoms with van der Waals surface area (Å²) in [5, 5.41) is 10.3. The molecule has 0 atom stereocenters. The van der Waals surface area contributed by atoms with Gasteiger partial charge in [0.2, 0.25) is 5.88 Å².